The topological polar surface area (TPSA) is 61.1 Å². The molecule has 2 heterocycles. The molecule has 1 aliphatic heterocycles. The third kappa shape index (κ3) is 3.97. The van der Waals surface area contributed by atoms with Crippen molar-refractivity contribution in [3.8, 4) is 6.07 Å². The van der Waals surface area contributed by atoms with E-state index in [1.54, 1.807) is 12.3 Å². The van der Waals surface area contributed by atoms with Crippen LogP contribution < -0.4 is 5.32 Å². The molecule has 0 atom stereocenters. The fourth-order valence-corrected chi connectivity index (χ4v) is 3.12. The number of nitrogens with zero attached hydrogens (tertiary/aromatic N) is 3. The van der Waals surface area contributed by atoms with E-state index >= 15 is 0 Å². The molecule has 1 aromatic heterocycles. The number of fused-ring (bicyclic) bond motifs is 1. The van der Waals surface area contributed by atoms with Crippen molar-refractivity contribution in [2.24, 2.45) is 4.99 Å². The monoisotopic (exact) mass is 368 g/mol. The molecular formula is C23H17FN4. The van der Waals surface area contributed by atoms with Crippen molar-refractivity contribution in [1.29, 1.82) is 5.26 Å². The lowest BCUT2D eigenvalue weighted by Gasteiger charge is -2.09. The van der Waals surface area contributed by atoms with Crippen molar-refractivity contribution in [3.63, 3.8) is 0 Å². The lowest BCUT2D eigenvalue weighted by atomic mass is 10.0. The third-order valence-electron chi connectivity index (χ3n) is 4.49. The molecule has 4 nitrogen and oxygen atoms in total. The number of pyridine rings is 1. The number of rotatable bonds is 5. The van der Waals surface area contributed by atoms with Crippen LogP contribution in [0.5, 0.6) is 0 Å². The smallest absolute Gasteiger partial charge is 0.124 e. The normalized spacial score (nSPS) is 12.5. The molecule has 136 valence electrons. The number of hydrogen-bond donors (Lipinski definition) is 1. The number of aliphatic imine (C=N–C) groups is 1. The van der Waals surface area contributed by atoms with E-state index in [2.05, 4.69) is 27.4 Å². The van der Waals surface area contributed by atoms with E-state index in [9.17, 15) is 4.39 Å². The van der Waals surface area contributed by atoms with Crippen molar-refractivity contribution >= 4 is 17.5 Å². The summed E-state index contributed by atoms with van der Waals surface area (Å²) in [7, 11) is 0. The van der Waals surface area contributed by atoms with Crippen molar-refractivity contribution in [2.75, 3.05) is 5.32 Å². The van der Waals surface area contributed by atoms with Gasteiger partial charge in [0.05, 0.1) is 29.6 Å². The van der Waals surface area contributed by atoms with E-state index in [1.807, 2.05) is 42.5 Å². The molecule has 1 N–H and O–H groups in total. The first-order chi connectivity index (χ1) is 13.7. The summed E-state index contributed by atoms with van der Waals surface area (Å²) >= 11 is 0. The number of nitrogens with one attached hydrogen (secondary N) is 1. The fraction of sp³-hybridized carbons (Fsp3) is 0.0870. The fourth-order valence-electron chi connectivity index (χ4n) is 3.12. The Labute approximate surface area is 162 Å². The van der Waals surface area contributed by atoms with E-state index in [0.29, 0.717) is 18.7 Å². The number of nitriles is 1. The highest BCUT2D eigenvalue weighted by Gasteiger charge is 2.14. The Hall–Kier alpha value is -3.78. The molecule has 28 heavy (non-hydrogen) atoms. The molecule has 3 aromatic rings. The summed E-state index contributed by atoms with van der Waals surface area (Å²) in [5.41, 5.74) is 6.01. The number of allylic oxidation sites excluding steroid dienone is 1. The quantitative estimate of drug-likeness (QED) is 0.709. The van der Waals surface area contributed by atoms with Crippen LogP contribution in [0.25, 0.3) is 6.08 Å². The largest absolute Gasteiger partial charge is 0.381 e. The number of aromatic nitrogens is 1. The Morgan fingerprint density at radius 2 is 2.04 bits per heavy atom. The van der Waals surface area contributed by atoms with Crippen LogP contribution in [-0.4, -0.2) is 10.7 Å². The Bertz CT molecular complexity index is 1110. The summed E-state index contributed by atoms with van der Waals surface area (Å²) in [5, 5.41) is 12.3. The van der Waals surface area contributed by atoms with Crippen LogP contribution in [0.1, 0.15) is 27.9 Å². The standard InChI is InChI=1S/C23H17FN4/c24-19-10-16(13-25)9-17(11-19)14-27-21-5-4-18-15-28-23(22(18)12-21)7-6-20-3-1-2-8-26-20/h1-12,27H,14-15H2/b7-6+. The van der Waals surface area contributed by atoms with Gasteiger partial charge in [-0.15, -0.1) is 0 Å². The summed E-state index contributed by atoms with van der Waals surface area (Å²) in [5.74, 6) is -0.404. The maximum atomic E-state index is 13.6. The van der Waals surface area contributed by atoms with Crippen LogP contribution in [-0.2, 0) is 13.1 Å². The maximum absolute atomic E-state index is 13.6. The molecule has 0 spiro atoms. The van der Waals surface area contributed by atoms with E-state index < -0.39 is 5.82 Å². The third-order valence-corrected chi connectivity index (χ3v) is 4.49. The van der Waals surface area contributed by atoms with Crippen molar-refractivity contribution in [3.05, 3.63) is 101 Å². The molecule has 0 amide bonds. The van der Waals surface area contributed by atoms with Gasteiger partial charge in [0.25, 0.3) is 0 Å². The summed E-state index contributed by atoms with van der Waals surface area (Å²) in [6.07, 6.45) is 5.68. The van der Waals surface area contributed by atoms with Gasteiger partial charge >= 0.3 is 0 Å². The average Bonchev–Trinajstić information content (AvgIpc) is 3.13. The van der Waals surface area contributed by atoms with E-state index in [4.69, 9.17) is 5.26 Å². The molecule has 2 aromatic carbocycles. The lowest BCUT2D eigenvalue weighted by Crippen LogP contribution is -2.02. The molecule has 0 fully saturated rings. The zero-order valence-electron chi connectivity index (χ0n) is 15.1. The SMILES string of the molecule is N#Cc1cc(F)cc(CNc2ccc3c(c2)C(/C=C/c2ccccn2)=NC3)c1. The zero-order chi connectivity index (χ0) is 19.3. The summed E-state index contributed by atoms with van der Waals surface area (Å²) in [6.45, 7) is 1.09. The first-order valence-corrected chi connectivity index (χ1v) is 8.91. The Kier molecular flexibility index (Phi) is 4.94. The number of anilines is 1. The van der Waals surface area contributed by atoms with Crippen molar-refractivity contribution in [2.45, 2.75) is 13.1 Å². The number of benzene rings is 2. The predicted molar refractivity (Wildman–Crippen MR) is 108 cm³/mol. The molecule has 1 aliphatic rings. The second-order valence-electron chi connectivity index (χ2n) is 6.47. The Balaban J connectivity index is 1.50. The van der Waals surface area contributed by atoms with Crippen LogP contribution in [0.15, 0.2) is 71.9 Å². The molecule has 0 unspecified atom stereocenters. The van der Waals surface area contributed by atoms with Gasteiger partial charge in [0, 0.05) is 24.0 Å². The van der Waals surface area contributed by atoms with E-state index in [0.717, 1.165) is 28.2 Å². The van der Waals surface area contributed by atoms with Crippen LogP contribution >= 0.6 is 0 Å². The van der Waals surface area contributed by atoms with Crippen LogP contribution in [0, 0.1) is 17.1 Å². The first-order valence-electron chi connectivity index (χ1n) is 8.91. The van der Waals surface area contributed by atoms with Gasteiger partial charge in [-0.05, 0) is 65.7 Å². The molecule has 5 heteroatoms. The Morgan fingerprint density at radius 1 is 1.11 bits per heavy atom. The summed E-state index contributed by atoms with van der Waals surface area (Å²) < 4.78 is 13.6. The average molecular weight is 368 g/mol. The number of halogens is 1. The highest BCUT2D eigenvalue weighted by Crippen LogP contribution is 2.24. The summed E-state index contributed by atoms with van der Waals surface area (Å²) in [4.78, 5) is 8.89. The van der Waals surface area contributed by atoms with Crippen molar-refractivity contribution in [1.82, 2.24) is 4.98 Å². The summed E-state index contributed by atoms with van der Waals surface area (Å²) in [6, 6.07) is 18.2. The highest BCUT2D eigenvalue weighted by molar-refractivity contribution is 6.13. The predicted octanol–water partition coefficient (Wildman–Crippen LogP) is 4.72. The minimum absolute atomic E-state index is 0.319. The van der Waals surface area contributed by atoms with Gasteiger partial charge in [0.2, 0.25) is 0 Å². The van der Waals surface area contributed by atoms with Crippen LogP contribution in [0.4, 0.5) is 10.1 Å². The van der Waals surface area contributed by atoms with E-state index in [-0.39, 0.29) is 0 Å². The molecular weight excluding hydrogens is 351 g/mol. The lowest BCUT2D eigenvalue weighted by molar-refractivity contribution is 0.625. The second kappa shape index (κ2) is 7.85. The molecule has 0 saturated carbocycles. The minimum atomic E-state index is -0.404. The highest BCUT2D eigenvalue weighted by atomic mass is 19.1. The Morgan fingerprint density at radius 3 is 2.86 bits per heavy atom. The minimum Gasteiger partial charge on any atom is -0.381 e. The molecule has 0 aliphatic carbocycles. The van der Waals surface area contributed by atoms with Gasteiger partial charge in [-0.3, -0.25) is 9.98 Å². The molecule has 4 rings (SSSR count). The van der Waals surface area contributed by atoms with Gasteiger partial charge in [0.15, 0.2) is 0 Å². The van der Waals surface area contributed by atoms with Crippen LogP contribution in [0.2, 0.25) is 0 Å². The second-order valence-corrected chi connectivity index (χ2v) is 6.47. The maximum Gasteiger partial charge on any atom is 0.124 e. The van der Waals surface area contributed by atoms with Gasteiger partial charge in [-0.1, -0.05) is 12.1 Å². The van der Waals surface area contributed by atoms with Gasteiger partial charge in [-0.2, -0.15) is 5.26 Å². The van der Waals surface area contributed by atoms with Gasteiger partial charge in [-0.25, -0.2) is 4.39 Å². The van der Waals surface area contributed by atoms with Gasteiger partial charge < -0.3 is 5.32 Å². The number of hydrogen-bond acceptors (Lipinski definition) is 4. The molecule has 0 radical (unpaired) electrons. The first kappa shape index (κ1) is 17.6. The molecule has 0 saturated heterocycles. The molecule has 0 bridgehead atoms. The zero-order valence-corrected chi connectivity index (χ0v) is 15.1. The van der Waals surface area contributed by atoms with Crippen molar-refractivity contribution < 1.29 is 4.39 Å². The van der Waals surface area contributed by atoms with Crippen LogP contribution in [0.3, 0.4) is 0 Å². The van der Waals surface area contributed by atoms with E-state index in [1.165, 1.54) is 17.7 Å². The van der Waals surface area contributed by atoms with Gasteiger partial charge in [0.1, 0.15) is 5.82 Å².